The molecule has 9 nitrogen and oxygen atoms in total. The standard InChI is InChI=1S/C21H29N3O6/c1-20(2,3)29-18(26)23-15(17(25)28-7)11-13-8-9-16-14(10-13)12-22-24(16)19(27)30-21(4,5)6/h8-10,12,15H,11H2,1-7H3,(H,23,26)/t15-/m0/s1. The first-order chi connectivity index (χ1) is 13.8. The van der Waals surface area contributed by atoms with Gasteiger partial charge in [0.05, 0.1) is 18.8 Å². The van der Waals surface area contributed by atoms with Crippen LogP contribution in [0.15, 0.2) is 24.4 Å². The van der Waals surface area contributed by atoms with Crippen LogP contribution in [-0.4, -0.2) is 52.3 Å². The summed E-state index contributed by atoms with van der Waals surface area (Å²) in [5, 5.41) is 7.33. The highest BCUT2D eigenvalue weighted by atomic mass is 16.6. The summed E-state index contributed by atoms with van der Waals surface area (Å²) in [5.41, 5.74) is -0.0172. The minimum Gasteiger partial charge on any atom is -0.467 e. The number of ether oxygens (including phenoxy) is 3. The second-order valence-electron chi connectivity index (χ2n) is 8.86. The van der Waals surface area contributed by atoms with Gasteiger partial charge in [-0.3, -0.25) is 0 Å². The normalized spacial score (nSPS) is 12.9. The number of carbonyl (C=O) groups excluding carboxylic acids is 3. The molecule has 1 amide bonds. The van der Waals surface area contributed by atoms with Gasteiger partial charge in [-0.2, -0.15) is 9.78 Å². The van der Waals surface area contributed by atoms with Gasteiger partial charge in [-0.15, -0.1) is 0 Å². The number of methoxy groups -OCH3 is 1. The molecule has 0 saturated heterocycles. The van der Waals surface area contributed by atoms with Crippen molar-refractivity contribution >= 4 is 29.1 Å². The van der Waals surface area contributed by atoms with E-state index in [0.717, 1.165) is 5.56 Å². The number of benzene rings is 1. The predicted octanol–water partition coefficient (Wildman–Crippen LogP) is 3.43. The lowest BCUT2D eigenvalue weighted by Crippen LogP contribution is -2.45. The number of esters is 1. The molecule has 2 rings (SSSR count). The third kappa shape index (κ3) is 6.47. The molecular weight excluding hydrogens is 390 g/mol. The smallest absolute Gasteiger partial charge is 0.435 e. The van der Waals surface area contributed by atoms with Crippen LogP contribution in [0, 0.1) is 0 Å². The first kappa shape index (κ1) is 23.2. The van der Waals surface area contributed by atoms with Crippen LogP contribution in [-0.2, 0) is 25.4 Å². The van der Waals surface area contributed by atoms with Crippen LogP contribution < -0.4 is 5.32 Å². The molecule has 1 heterocycles. The highest BCUT2D eigenvalue weighted by Gasteiger charge is 2.26. The lowest BCUT2D eigenvalue weighted by atomic mass is 10.0. The highest BCUT2D eigenvalue weighted by molar-refractivity contribution is 5.88. The summed E-state index contributed by atoms with van der Waals surface area (Å²) in [4.78, 5) is 36.5. The predicted molar refractivity (Wildman–Crippen MR) is 110 cm³/mol. The number of amides is 1. The number of carbonyl (C=O) groups is 3. The molecule has 0 spiro atoms. The Morgan fingerprint density at radius 1 is 1.07 bits per heavy atom. The minimum atomic E-state index is -0.928. The molecule has 0 saturated carbocycles. The van der Waals surface area contributed by atoms with Crippen molar-refractivity contribution in [2.45, 2.75) is 65.2 Å². The van der Waals surface area contributed by atoms with Crippen LogP contribution in [0.25, 0.3) is 10.9 Å². The molecule has 1 aromatic carbocycles. The summed E-state index contributed by atoms with van der Waals surface area (Å²) in [6, 6.07) is 4.32. The molecule has 1 aromatic heterocycles. The number of nitrogens with one attached hydrogen (secondary N) is 1. The van der Waals surface area contributed by atoms with Crippen molar-refractivity contribution in [3.63, 3.8) is 0 Å². The molecule has 9 heteroatoms. The van der Waals surface area contributed by atoms with E-state index >= 15 is 0 Å². The van der Waals surface area contributed by atoms with Gasteiger partial charge in [0.25, 0.3) is 0 Å². The van der Waals surface area contributed by atoms with Crippen molar-refractivity contribution in [3.8, 4) is 0 Å². The third-order valence-electron chi connectivity index (χ3n) is 3.82. The van der Waals surface area contributed by atoms with Crippen molar-refractivity contribution in [2.75, 3.05) is 7.11 Å². The first-order valence-electron chi connectivity index (χ1n) is 9.56. The molecule has 0 unspecified atom stereocenters. The summed E-state index contributed by atoms with van der Waals surface area (Å²) >= 11 is 0. The van der Waals surface area contributed by atoms with Gasteiger partial charge in [0.2, 0.25) is 0 Å². The number of hydrogen-bond donors (Lipinski definition) is 1. The van der Waals surface area contributed by atoms with Crippen LogP contribution in [0.3, 0.4) is 0 Å². The Labute approximate surface area is 175 Å². The Bertz CT molecular complexity index is 936. The molecule has 0 fully saturated rings. The lowest BCUT2D eigenvalue weighted by Gasteiger charge is -2.22. The van der Waals surface area contributed by atoms with Crippen LogP contribution in [0.5, 0.6) is 0 Å². The SMILES string of the molecule is COC(=O)[C@H](Cc1ccc2c(cnn2C(=O)OC(C)(C)C)c1)NC(=O)OC(C)(C)C. The van der Waals surface area contributed by atoms with E-state index in [2.05, 4.69) is 10.4 Å². The number of nitrogens with zero attached hydrogens (tertiary/aromatic N) is 2. The van der Waals surface area contributed by atoms with Crippen molar-refractivity contribution in [3.05, 3.63) is 30.0 Å². The molecule has 0 bridgehead atoms. The molecule has 0 radical (unpaired) electrons. The number of aromatic nitrogens is 2. The largest absolute Gasteiger partial charge is 0.467 e. The van der Waals surface area contributed by atoms with Crippen LogP contribution in [0.2, 0.25) is 0 Å². The molecule has 30 heavy (non-hydrogen) atoms. The Balaban J connectivity index is 2.21. The Hall–Kier alpha value is -3.10. The van der Waals surface area contributed by atoms with E-state index in [0.29, 0.717) is 10.9 Å². The van der Waals surface area contributed by atoms with Crippen molar-refractivity contribution in [1.29, 1.82) is 0 Å². The first-order valence-corrected chi connectivity index (χ1v) is 9.56. The monoisotopic (exact) mass is 419 g/mol. The number of alkyl carbamates (subject to hydrolysis) is 1. The summed E-state index contributed by atoms with van der Waals surface area (Å²) in [7, 11) is 1.25. The molecule has 164 valence electrons. The minimum absolute atomic E-state index is 0.180. The third-order valence-corrected chi connectivity index (χ3v) is 3.82. The van der Waals surface area contributed by atoms with E-state index in [9.17, 15) is 14.4 Å². The number of rotatable bonds is 4. The average Bonchev–Trinajstić information content (AvgIpc) is 3.00. The summed E-state index contributed by atoms with van der Waals surface area (Å²) in [6.45, 7) is 10.5. The highest BCUT2D eigenvalue weighted by Crippen LogP contribution is 2.19. The van der Waals surface area contributed by atoms with E-state index in [-0.39, 0.29) is 6.42 Å². The van der Waals surface area contributed by atoms with Gasteiger partial charge in [-0.25, -0.2) is 14.4 Å². The molecule has 1 N–H and O–H groups in total. The Morgan fingerprint density at radius 3 is 2.27 bits per heavy atom. The molecule has 1 atom stereocenters. The summed E-state index contributed by atoms with van der Waals surface area (Å²) in [5.74, 6) is -0.592. The number of hydrogen-bond acceptors (Lipinski definition) is 7. The lowest BCUT2D eigenvalue weighted by molar-refractivity contribution is -0.143. The van der Waals surface area contributed by atoms with Gasteiger partial charge < -0.3 is 19.5 Å². The second kappa shape index (κ2) is 8.73. The molecule has 0 aliphatic heterocycles. The van der Waals surface area contributed by atoms with E-state index in [1.54, 1.807) is 59.7 Å². The topological polar surface area (TPSA) is 109 Å². The molecule has 0 aliphatic rings. The quantitative estimate of drug-likeness (QED) is 0.597. The van der Waals surface area contributed by atoms with Gasteiger partial charge in [0.1, 0.15) is 17.2 Å². The zero-order valence-corrected chi connectivity index (χ0v) is 18.4. The van der Waals surface area contributed by atoms with Gasteiger partial charge >= 0.3 is 18.2 Å². The second-order valence-corrected chi connectivity index (χ2v) is 8.86. The fourth-order valence-corrected chi connectivity index (χ4v) is 2.68. The van der Waals surface area contributed by atoms with Crippen molar-refractivity contribution in [1.82, 2.24) is 15.1 Å². The van der Waals surface area contributed by atoms with Gasteiger partial charge in [-0.05, 0) is 59.2 Å². The Kier molecular flexibility index (Phi) is 6.74. The van der Waals surface area contributed by atoms with E-state index in [4.69, 9.17) is 14.2 Å². The van der Waals surface area contributed by atoms with E-state index < -0.39 is 35.4 Å². The molecule has 2 aromatic rings. The number of fused-ring (bicyclic) bond motifs is 1. The fourth-order valence-electron chi connectivity index (χ4n) is 2.68. The van der Waals surface area contributed by atoms with Crippen molar-refractivity contribution < 1.29 is 28.6 Å². The Morgan fingerprint density at radius 2 is 1.70 bits per heavy atom. The van der Waals surface area contributed by atoms with Crippen LogP contribution >= 0.6 is 0 Å². The van der Waals surface area contributed by atoms with E-state index in [1.807, 2.05) is 0 Å². The maximum Gasteiger partial charge on any atom is 0.435 e. The maximum absolute atomic E-state index is 12.3. The van der Waals surface area contributed by atoms with Crippen molar-refractivity contribution in [2.24, 2.45) is 0 Å². The molecular formula is C21H29N3O6. The molecule has 0 aliphatic carbocycles. The van der Waals surface area contributed by atoms with Gasteiger partial charge in [-0.1, -0.05) is 6.07 Å². The maximum atomic E-state index is 12.3. The van der Waals surface area contributed by atoms with Crippen LogP contribution in [0.4, 0.5) is 9.59 Å². The average molecular weight is 419 g/mol. The van der Waals surface area contributed by atoms with Gasteiger partial charge in [0, 0.05) is 11.8 Å². The van der Waals surface area contributed by atoms with E-state index in [1.165, 1.54) is 18.0 Å². The fraction of sp³-hybridized carbons (Fsp3) is 0.524. The summed E-state index contributed by atoms with van der Waals surface area (Å²) in [6.07, 6.45) is 0.428. The van der Waals surface area contributed by atoms with Gasteiger partial charge in [0.15, 0.2) is 0 Å². The van der Waals surface area contributed by atoms with Crippen LogP contribution in [0.1, 0.15) is 47.1 Å². The summed E-state index contributed by atoms with van der Waals surface area (Å²) < 4.78 is 16.6. The zero-order chi connectivity index (χ0) is 22.7. The zero-order valence-electron chi connectivity index (χ0n) is 18.4.